The quantitative estimate of drug-likeness (QED) is 0.784. The summed E-state index contributed by atoms with van der Waals surface area (Å²) in [6.45, 7) is 1.30. The molecule has 1 aliphatic heterocycles. The Morgan fingerprint density at radius 3 is 3.04 bits per heavy atom. The number of aromatic nitrogens is 4. The molecule has 1 N–H and O–H groups in total. The number of amides is 1. The normalized spacial score (nSPS) is 17.2. The van der Waals surface area contributed by atoms with Crippen molar-refractivity contribution in [2.45, 2.75) is 25.4 Å². The summed E-state index contributed by atoms with van der Waals surface area (Å²) in [4.78, 5) is 27.7. The fourth-order valence-corrected chi connectivity index (χ4v) is 3.36. The molecule has 0 spiro atoms. The average molecular weight is 336 g/mol. The minimum atomic E-state index is -0.202. The van der Waals surface area contributed by atoms with Gasteiger partial charge in [-0.25, -0.2) is 15.0 Å². The van der Waals surface area contributed by atoms with Crippen molar-refractivity contribution in [3.8, 4) is 0 Å². The van der Waals surface area contributed by atoms with Crippen LogP contribution >= 0.6 is 0 Å². The first-order valence-electron chi connectivity index (χ1n) is 8.43. The van der Waals surface area contributed by atoms with Gasteiger partial charge in [-0.05, 0) is 25.0 Å². The highest BCUT2D eigenvalue weighted by atomic mass is 16.2. The molecule has 7 heteroatoms. The smallest absolute Gasteiger partial charge is 0.243 e. The fourth-order valence-electron chi connectivity index (χ4n) is 3.36. The molecule has 3 heterocycles. The maximum atomic E-state index is 12.7. The first-order valence-corrected chi connectivity index (χ1v) is 8.43. The molecule has 1 unspecified atom stereocenters. The van der Waals surface area contributed by atoms with Crippen molar-refractivity contribution in [2.24, 2.45) is 7.05 Å². The third-order valence-electron chi connectivity index (χ3n) is 4.71. The third kappa shape index (κ3) is 2.93. The van der Waals surface area contributed by atoms with Gasteiger partial charge in [-0.3, -0.25) is 4.79 Å². The largest absolute Gasteiger partial charge is 0.349 e. The summed E-state index contributed by atoms with van der Waals surface area (Å²) >= 11 is 0. The van der Waals surface area contributed by atoms with Gasteiger partial charge in [0.1, 0.15) is 18.2 Å². The van der Waals surface area contributed by atoms with Crippen molar-refractivity contribution in [3.05, 3.63) is 48.8 Å². The van der Waals surface area contributed by atoms with Gasteiger partial charge in [-0.15, -0.1) is 0 Å². The highest BCUT2D eigenvalue weighted by Gasteiger charge is 2.32. The van der Waals surface area contributed by atoms with Crippen molar-refractivity contribution in [1.29, 1.82) is 0 Å². The van der Waals surface area contributed by atoms with Crippen LogP contribution in [0.25, 0.3) is 10.9 Å². The number of fused-ring (bicyclic) bond motifs is 1. The van der Waals surface area contributed by atoms with E-state index in [-0.39, 0.29) is 11.9 Å². The van der Waals surface area contributed by atoms with Gasteiger partial charge in [-0.1, -0.05) is 12.1 Å². The summed E-state index contributed by atoms with van der Waals surface area (Å²) in [6, 6.07) is 7.71. The minimum Gasteiger partial charge on any atom is -0.349 e. The number of hydrogen-bond donors (Lipinski definition) is 1. The molecule has 4 rings (SSSR count). The van der Waals surface area contributed by atoms with E-state index < -0.39 is 0 Å². The monoisotopic (exact) mass is 336 g/mol. The van der Waals surface area contributed by atoms with Crippen molar-refractivity contribution in [3.63, 3.8) is 0 Å². The first kappa shape index (κ1) is 15.6. The summed E-state index contributed by atoms with van der Waals surface area (Å²) in [7, 11) is 1.92. The number of benzene rings is 1. The van der Waals surface area contributed by atoms with E-state index in [0.29, 0.717) is 6.54 Å². The van der Waals surface area contributed by atoms with Crippen LogP contribution in [-0.2, 0) is 18.4 Å². The molecular formula is C18H20N6O. The Morgan fingerprint density at radius 1 is 1.32 bits per heavy atom. The predicted molar refractivity (Wildman–Crippen MR) is 95.0 cm³/mol. The summed E-state index contributed by atoms with van der Waals surface area (Å²) in [5.74, 6) is 0.866. The van der Waals surface area contributed by atoms with Gasteiger partial charge in [0.15, 0.2) is 0 Å². The molecule has 1 fully saturated rings. The lowest BCUT2D eigenvalue weighted by molar-refractivity contribution is -0.122. The molecule has 1 atom stereocenters. The first-order chi connectivity index (χ1) is 12.2. The molecule has 7 nitrogen and oxygen atoms in total. The molecule has 1 saturated heterocycles. The lowest BCUT2D eigenvalue weighted by Gasteiger charge is -2.25. The zero-order valence-corrected chi connectivity index (χ0v) is 14.1. The molecule has 0 radical (unpaired) electrons. The molecule has 3 aromatic rings. The molecule has 0 saturated carbocycles. The zero-order chi connectivity index (χ0) is 17.2. The van der Waals surface area contributed by atoms with Gasteiger partial charge < -0.3 is 14.8 Å². The van der Waals surface area contributed by atoms with Crippen LogP contribution in [0.5, 0.6) is 0 Å². The molecule has 2 aromatic heterocycles. The van der Waals surface area contributed by atoms with Gasteiger partial charge >= 0.3 is 0 Å². The summed E-state index contributed by atoms with van der Waals surface area (Å²) in [6.07, 6.45) is 6.87. The number of nitrogens with one attached hydrogen (secondary N) is 1. The van der Waals surface area contributed by atoms with Crippen LogP contribution in [0.3, 0.4) is 0 Å². The molecule has 1 aromatic carbocycles. The number of aryl methyl sites for hydroxylation is 1. The van der Waals surface area contributed by atoms with E-state index >= 15 is 0 Å². The van der Waals surface area contributed by atoms with E-state index in [1.807, 2.05) is 35.9 Å². The summed E-state index contributed by atoms with van der Waals surface area (Å²) < 4.78 is 1.91. The Bertz CT molecular complexity index is 900. The molecular weight excluding hydrogens is 316 g/mol. The predicted octanol–water partition coefficient (Wildman–Crippen LogP) is 1.65. The molecule has 25 heavy (non-hydrogen) atoms. The van der Waals surface area contributed by atoms with Crippen LogP contribution in [0.1, 0.15) is 18.5 Å². The average Bonchev–Trinajstić information content (AvgIpc) is 3.28. The third-order valence-corrected chi connectivity index (χ3v) is 4.71. The van der Waals surface area contributed by atoms with E-state index in [1.165, 1.54) is 0 Å². The lowest BCUT2D eigenvalue weighted by Crippen LogP contribution is -2.43. The Hall–Kier alpha value is -2.96. The molecule has 1 aliphatic rings. The number of carbonyl (C=O) groups excluding carboxylic acids is 1. The van der Waals surface area contributed by atoms with E-state index in [2.05, 4.69) is 25.2 Å². The van der Waals surface area contributed by atoms with Crippen molar-refractivity contribution >= 4 is 22.6 Å². The standard InChI is InChI=1S/C18H20N6O/c1-23-12-19-9-13(23)10-20-18(25)16-7-4-8-24(16)17-14-5-2-3-6-15(14)21-11-22-17/h2-3,5-6,9,11-12,16H,4,7-8,10H2,1H3,(H,20,25). The van der Waals surface area contributed by atoms with Crippen LogP contribution in [0.2, 0.25) is 0 Å². The second-order valence-corrected chi connectivity index (χ2v) is 6.28. The van der Waals surface area contributed by atoms with Crippen molar-refractivity contribution in [2.75, 3.05) is 11.4 Å². The maximum absolute atomic E-state index is 12.7. The van der Waals surface area contributed by atoms with E-state index in [0.717, 1.165) is 41.8 Å². The number of rotatable bonds is 4. The van der Waals surface area contributed by atoms with Gasteiger partial charge in [0.2, 0.25) is 5.91 Å². The highest BCUT2D eigenvalue weighted by Crippen LogP contribution is 2.29. The second kappa shape index (κ2) is 6.51. The van der Waals surface area contributed by atoms with Gasteiger partial charge in [-0.2, -0.15) is 0 Å². The van der Waals surface area contributed by atoms with Crippen molar-refractivity contribution in [1.82, 2.24) is 24.8 Å². The number of carbonyl (C=O) groups is 1. The molecule has 128 valence electrons. The van der Waals surface area contributed by atoms with E-state index in [4.69, 9.17) is 0 Å². The topological polar surface area (TPSA) is 75.9 Å². The Balaban J connectivity index is 1.55. The number of nitrogens with zero attached hydrogens (tertiary/aromatic N) is 5. The number of hydrogen-bond acceptors (Lipinski definition) is 5. The molecule has 0 bridgehead atoms. The van der Waals surface area contributed by atoms with Gasteiger partial charge in [0, 0.05) is 25.2 Å². The Morgan fingerprint density at radius 2 is 2.20 bits per heavy atom. The number of para-hydroxylation sites is 1. The van der Waals surface area contributed by atoms with Crippen molar-refractivity contribution < 1.29 is 4.79 Å². The van der Waals surface area contributed by atoms with Crippen LogP contribution < -0.4 is 10.2 Å². The summed E-state index contributed by atoms with van der Waals surface area (Å²) in [5, 5.41) is 4.01. The minimum absolute atomic E-state index is 0.0291. The molecule has 1 amide bonds. The summed E-state index contributed by atoms with van der Waals surface area (Å²) in [5.41, 5.74) is 1.87. The zero-order valence-electron chi connectivity index (χ0n) is 14.1. The lowest BCUT2D eigenvalue weighted by atomic mass is 10.2. The van der Waals surface area contributed by atoms with Crippen LogP contribution in [0.4, 0.5) is 5.82 Å². The number of imidazole rings is 1. The second-order valence-electron chi connectivity index (χ2n) is 6.28. The Labute approximate surface area is 145 Å². The van der Waals surface area contributed by atoms with Gasteiger partial charge in [0.05, 0.1) is 24.1 Å². The fraction of sp³-hybridized carbons (Fsp3) is 0.333. The highest BCUT2D eigenvalue weighted by molar-refractivity contribution is 5.93. The van der Waals surface area contributed by atoms with E-state index in [9.17, 15) is 4.79 Å². The SMILES string of the molecule is Cn1cncc1CNC(=O)C1CCCN1c1ncnc2ccccc12. The van der Waals surface area contributed by atoms with Crippen LogP contribution in [0.15, 0.2) is 43.1 Å². The van der Waals surface area contributed by atoms with Crippen LogP contribution in [0, 0.1) is 0 Å². The van der Waals surface area contributed by atoms with Crippen LogP contribution in [-0.4, -0.2) is 38.0 Å². The molecule has 0 aliphatic carbocycles. The Kier molecular flexibility index (Phi) is 4.05. The maximum Gasteiger partial charge on any atom is 0.243 e. The van der Waals surface area contributed by atoms with Gasteiger partial charge in [0.25, 0.3) is 0 Å². The van der Waals surface area contributed by atoms with E-state index in [1.54, 1.807) is 18.9 Å². The number of anilines is 1.